The van der Waals surface area contributed by atoms with Crippen molar-refractivity contribution in [1.82, 2.24) is 4.57 Å². The number of amides is 1. The van der Waals surface area contributed by atoms with Gasteiger partial charge in [0, 0.05) is 54.9 Å². The molecular weight excluding hydrogens is 298 g/mol. The Balaban J connectivity index is 1.71. The van der Waals surface area contributed by atoms with E-state index in [1.54, 1.807) is 0 Å². The van der Waals surface area contributed by atoms with E-state index < -0.39 is 0 Å². The third-order valence-electron chi connectivity index (χ3n) is 4.58. The van der Waals surface area contributed by atoms with Crippen LogP contribution in [0.15, 0.2) is 55.2 Å². The molecule has 0 atom stereocenters. The number of fused-ring (bicyclic) bond motifs is 2. The van der Waals surface area contributed by atoms with Crippen LogP contribution < -0.4 is 10.2 Å². The molecule has 0 saturated heterocycles. The van der Waals surface area contributed by atoms with Crippen LogP contribution in [-0.2, 0) is 18.4 Å². The van der Waals surface area contributed by atoms with E-state index in [1.807, 2.05) is 12.1 Å². The van der Waals surface area contributed by atoms with Gasteiger partial charge in [0.2, 0.25) is 5.91 Å². The Morgan fingerprint density at radius 1 is 1.17 bits per heavy atom. The first-order valence-corrected chi connectivity index (χ1v) is 7.95. The van der Waals surface area contributed by atoms with Crippen LogP contribution >= 0.6 is 0 Å². The summed E-state index contributed by atoms with van der Waals surface area (Å²) in [6, 6.07) is 14.6. The molecule has 4 rings (SSSR count). The summed E-state index contributed by atoms with van der Waals surface area (Å²) in [5.41, 5.74) is 6.42. The number of rotatable bonds is 2. The molecule has 0 spiro atoms. The first-order chi connectivity index (χ1) is 11.5. The highest BCUT2D eigenvalue weighted by atomic mass is 16.1. The molecule has 120 valence electrons. The van der Waals surface area contributed by atoms with Crippen LogP contribution in [0.2, 0.25) is 0 Å². The van der Waals surface area contributed by atoms with Gasteiger partial charge < -0.3 is 14.8 Å². The van der Waals surface area contributed by atoms with E-state index in [4.69, 9.17) is 0 Å². The van der Waals surface area contributed by atoms with Crippen molar-refractivity contribution in [3.8, 4) is 0 Å². The molecule has 0 aliphatic carbocycles. The first-order valence-electron chi connectivity index (χ1n) is 7.95. The second-order valence-electron chi connectivity index (χ2n) is 6.26. The zero-order valence-corrected chi connectivity index (χ0v) is 13.8. The Labute approximate surface area is 141 Å². The Hall–Kier alpha value is -3.01. The summed E-state index contributed by atoms with van der Waals surface area (Å²) in [5.74, 6) is -0.0652. The van der Waals surface area contributed by atoms with Gasteiger partial charge in [0.05, 0.1) is 0 Å². The lowest BCUT2D eigenvalue weighted by Gasteiger charge is -2.20. The summed E-state index contributed by atoms with van der Waals surface area (Å²) in [4.78, 5) is 13.5. The van der Waals surface area contributed by atoms with Gasteiger partial charge in [0.15, 0.2) is 0 Å². The number of nitrogens with zero attached hydrogens (tertiary/aromatic N) is 2. The SMILES string of the molecule is C=C1c2cc(NC(C)=O)ccc2CN1c1ccc2ccn(C)c2c1. The maximum atomic E-state index is 11.3. The van der Waals surface area contributed by atoms with Crippen molar-refractivity contribution < 1.29 is 4.79 Å². The van der Waals surface area contributed by atoms with E-state index >= 15 is 0 Å². The molecule has 4 nitrogen and oxygen atoms in total. The molecule has 0 radical (unpaired) electrons. The number of carbonyl (C=O) groups excluding carboxylic acids is 1. The third kappa shape index (κ3) is 2.27. The van der Waals surface area contributed by atoms with E-state index in [9.17, 15) is 4.79 Å². The van der Waals surface area contributed by atoms with Crippen LogP contribution in [0.5, 0.6) is 0 Å². The normalized spacial score (nSPS) is 13.4. The van der Waals surface area contributed by atoms with Crippen molar-refractivity contribution in [1.29, 1.82) is 0 Å². The van der Waals surface area contributed by atoms with Crippen LogP contribution in [0.1, 0.15) is 18.1 Å². The predicted molar refractivity (Wildman–Crippen MR) is 98.9 cm³/mol. The van der Waals surface area contributed by atoms with Gasteiger partial charge in [0.1, 0.15) is 0 Å². The molecule has 0 unspecified atom stereocenters. The summed E-state index contributed by atoms with van der Waals surface area (Å²) in [6.45, 7) is 6.58. The Kier molecular flexibility index (Phi) is 3.20. The number of benzene rings is 2. The molecule has 4 heteroatoms. The molecule has 2 heterocycles. The Bertz CT molecular complexity index is 984. The third-order valence-corrected chi connectivity index (χ3v) is 4.58. The standard InChI is InChI=1S/C20H19N3O/c1-13-19-10-17(21-14(2)24)6-4-16(19)12-23(13)18-7-5-15-8-9-22(3)20(15)11-18/h4-11H,1,12H2,2-3H3,(H,21,24). The zero-order chi connectivity index (χ0) is 16.8. The highest BCUT2D eigenvalue weighted by molar-refractivity contribution is 5.92. The van der Waals surface area contributed by atoms with Gasteiger partial charge in [-0.1, -0.05) is 18.7 Å². The van der Waals surface area contributed by atoms with Crippen LogP contribution in [0, 0.1) is 0 Å². The number of aromatic nitrogens is 1. The molecule has 3 aromatic rings. The van der Waals surface area contributed by atoms with Gasteiger partial charge >= 0.3 is 0 Å². The summed E-state index contributed by atoms with van der Waals surface area (Å²) in [7, 11) is 2.05. The van der Waals surface area contributed by atoms with Crippen molar-refractivity contribution >= 4 is 33.9 Å². The molecule has 1 aromatic heterocycles. The maximum Gasteiger partial charge on any atom is 0.221 e. The minimum atomic E-state index is -0.0652. The predicted octanol–water partition coefficient (Wildman–Crippen LogP) is 4.13. The molecule has 2 aromatic carbocycles. The zero-order valence-electron chi connectivity index (χ0n) is 13.8. The highest BCUT2D eigenvalue weighted by Crippen LogP contribution is 2.38. The molecule has 1 aliphatic rings. The van der Waals surface area contributed by atoms with Crippen molar-refractivity contribution in [2.45, 2.75) is 13.5 Å². The lowest BCUT2D eigenvalue weighted by Crippen LogP contribution is -2.12. The minimum Gasteiger partial charge on any atom is -0.350 e. The molecule has 24 heavy (non-hydrogen) atoms. The number of anilines is 2. The first kappa shape index (κ1) is 14.6. The fraction of sp³-hybridized carbons (Fsp3) is 0.150. The Morgan fingerprint density at radius 2 is 2.00 bits per heavy atom. The molecule has 1 aliphatic heterocycles. The van der Waals surface area contributed by atoms with Crippen molar-refractivity contribution in [2.75, 3.05) is 10.2 Å². The van der Waals surface area contributed by atoms with E-state index in [0.717, 1.165) is 29.2 Å². The fourth-order valence-electron chi connectivity index (χ4n) is 3.34. The second-order valence-corrected chi connectivity index (χ2v) is 6.26. The van der Waals surface area contributed by atoms with E-state index in [-0.39, 0.29) is 5.91 Å². The number of hydrogen-bond acceptors (Lipinski definition) is 2. The number of hydrogen-bond donors (Lipinski definition) is 1. The second kappa shape index (κ2) is 5.27. The van der Waals surface area contributed by atoms with Gasteiger partial charge in [0.25, 0.3) is 0 Å². The monoisotopic (exact) mass is 317 g/mol. The lowest BCUT2D eigenvalue weighted by molar-refractivity contribution is -0.114. The average molecular weight is 317 g/mol. The summed E-state index contributed by atoms with van der Waals surface area (Å²) < 4.78 is 2.12. The molecule has 1 N–H and O–H groups in total. The largest absolute Gasteiger partial charge is 0.350 e. The van der Waals surface area contributed by atoms with Crippen LogP contribution in [0.25, 0.3) is 16.6 Å². The number of carbonyl (C=O) groups is 1. The van der Waals surface area contributed by atoms with Gasteiger partial charge in [-0.15, -0.1) is 0 Å². The van der Waals surface area contributed by atoms with Gasteiger partial charge in [-0.05, 0) is 41.3 Å². The topological polar surface area (TPSA) is 37.3 Å². The van der Waals surface area contributed by atoms with Crippen LogP contribution in [0.4, 0.5) is 11.4 Å². The summed E-state index contributed by atoms with van der Waals surface area (Å²) >= 11 is 0. The molecule has 0 saturated carbocycles. The number of nitrogens with one attached hydrogen (secondary N) is 1. The smallest absolute Gasteiger partial charge is 0.221 e. The van der Waals surface area contributed by atoms with E-state index in [0.29, 0.717) is 0 Å². The summed E-state index contributed by atoms with van der Waals surface area (Å²) in [5, 5.41) is 4.07. The van der Waals surface area contributed by atoms with Crippen molar-refractivity contribution in [3.05, 3.63) is 66.4 Å². The van der Waals surface area contributed by atoms with Gasteiger partial charge in [-0.25, -0.2) is 0 Å². The molecule has 0 fully saturated rings. The highest BCUT2D eigenvalue weighted by Gasteiger charge is 2.24. The Morgan fingerprint density at radius 3 is 2.79 bits per heavy atom. The number of aryl methyl sites for hydroxylation is 1. The fourth-order valence-corrected chi connectivity index (χ4v) is 3.34. The quantitative estimate of drug-likeness (QED) is 0.772. The van der Waals surface area contributed by atoms with Gasteiger partial charge in [-0.2, -0.15) is 0 Å². The van der Waals surface area contributed by atoms with Crippen molar-refractivity contribution in [2.24, 2.45) is 7.05 Å². The average Bonchev–Trinajstić information content (AvgIpc) is 3.08. The lowest BCUT2D eigenvalue weighted by atomic mass is 10.1. The molecule has 1 amide bonds. The maximum absolute atomic E-state index is 11.3. The van der Waals surface area contributed by atoms with Crippen LogP contribution in [-0.4, -0.2) is 10.5 Å². The van der Waals surface area contributed by atoms with Gasteiger partial charge in [-0.3, -0.25) is 4.79 Å². The minimum absolute atomic E-state index is 0.0652. The van der Waals surface area contributed by atoms with E-state index in [2.05, 4.69) is 64.9 Å². The van der Waals surface area contributed by atoms with Crippen LogP contribution in [0.3, 0.4) is 0 Å². The van der Waals surface area contributed by atoms with E-state index in [1.165, 1.54) is 23.4 Å². The summed E-state index contributed by atoms with van der Waals surface area (Å²) in [6.07, 6.45) is 2.07. The van der Waals surface area contributed by atoms with Crippen molar-refractivity contribution in [3.63, 3.8) is 0 Å². The molecular formula is C20H19N3O. The molecule has 0 bridgehead atoms.